The Bertz CT molecular complexity index is 1460. The third kappa shape index (κ3) is 6.21. The van der Waals surface area contributed by atoms with Gasteiger partial charge in [0.25, 0.3) is 0 Å². The highest BCUT2D eigenvalue weighted by Crippen LogP contribution is 2.37. The van der Waals surface area contributed by atoms with Crippen LogP contribution in [0.5, 0.6) is 0 Å². The van der Waals surface area contributed by atoms with Crippen molar-refractivity contribution in [3.8, 4) is 11.4 Å². The van der Waals surface area contributed by atoms with Crippen LogP contribution >= 0.6 is 0 Å². The van der Waals surface area contributed by atoms with E-state index in [1.165, 1.54) is 13.8 Å². The molecule has 0 radical (unpaired) electrons. The molecular formula is C27H31F2N5O5S. The molecule has 0 unspecified atom stereocenters. The number of hydrogen-bond acceptors (Lipinski definition) is 8. The van der Waals surface area contributed by atoms with Crippen LogP contribution in [-0.2, 0) is 19.3 Å². The Morgan fingerprint density at radius 2 is 1.80 bits per heavy atom. The van der Waals surface area contributed by atoms with E-state index < -0.39 is 37.1 Å². The van der Waals surface area contributed by atoms with Crippen molar-refractivity contribution >= 4 is 27.4 Å². The van der Waals surface area contributed by atoms with Crippen molar-refractivity contribution in [2.45, 2.75) is 36.5 Å². The molecule has 1 aromatic heterocycles. The number of rotatable bonds is 8. The van der Waals surface area contributed by atoms with Crippen molar-refractivity contribution in [1.29, 1.82) is 0 Å². The quantitative estimate of drug-likeness (QED) is 0.372. The lowest BCUT2D eigenvalue weighted by molar-refractivity contribution is 0.0985. The lowest BCUT2D eigenvalue weighted by atomic mass is 10.1. The molecule has 13 heteroatoms. The van der Waals surface area contributed by atoms with Gasteiger partial charge in [-0.1, -0.05) is 0 Å². The summed E-state index contributed by atoms with van der Waals surface area (Å²) in [6.07, 6.45) is 0. The first kappa shape index (κ1) is 29.3. The highest BCUT2D eigenvalue weighted by Gasteiger charge is 2.40. The molecule has 214 valence electrons. The first-order valence-corrected chi connectivity index (χ1v) is 14.1. The van der Waals surface area contributed by atoms with Gasteiger partial charge in [-0.15, -0.1) is 0 Å². The highest BCUT2D eigenvalue weighted by molar-refractivity contribution is 7.92. The van der Waals surface area contributed by atoms with Gasteiger partial charge in [-0.25, -0.2) is 32.0 Å². The molecule has 1 fully saturated rings. The van der Waals surface area contributed by atoms with E-state index in [1.54, 1.807) is 30.3 Å². The van der Waals surface area contributed by atoms with Crippen LogP contribution in [0.1, 0.15) is 26.5 Å². The summed E-state index contributed by atoms with van der Waals surface area (Å²) in [6.45, 7) is 6.17. The fraction of sp³-hybridized carbons (Fsp3) is 0.370. The van der Waals surface area contributed by atoms with Gasteiger partial charge in [0.15, 0.2) is 15.7 Å². The Hall–Kier alpha value is -3.68. The number of aliphatic hydroxyl groups excluding tert-OH is 1. The number of sulfone groups is 1. The van der Waals surface area contributed by atoms with E-state index in [0.717, 1.165) is 12.1 Å². The Kier molecular flexibility index (Phi) is 8.66. The van der Waals surface area contributed by atoms with Gasteiger partial charge in [0.05, 0.1) is 36.5 Å². The second-order valence-corrected chi connectivity index (χ2v) is 12.4. The van der Waals surface area contributed by atoms with Crippen LogP contribution in [0.2, 0.25) is 0 Å². The number of nitrogens with one attached hydrogen (secondary N) is 2. The van der Waals surface area contributed by atoms with Crippen LogP contribution in [0.3, 0.4) is 0 Å². The largest absolute Gasteiger partial charge is 0.395 e. The van der Waals surface area contributed by atoms with Crippen molar-refractivity contribution in [3.05, 3.63) is 65.9 Å². The summed E-state index contributed by atoms with van der Waals surface area (Å²) in [4.78, 5) is 22.7. The van der Waals surface area contributed by atoms with Gasteiger partial charge in [-0.3, -0.25) is 0 Å². The highest BCUT2D eigenvalue weighted by atomic mass is 32.2. The summed E-state index contributed by atoms with van der Waals surface area (Å²) >= 11 is 0. The fourth-order valence-corrected chi connectivity index (χ4v) is 5.75. The molecule has 0 spiro atoms. The molecule has 0 saturated carbocycles. The lowest BCUT2D eigenvalue weighted by Gasteiger charge is -2.35. The van der Waals surface area contributed by atoms with Gasteiger partial charge in [0.2, 0.25) is 0 Å². The molecule has 1 atom stereocenters. The number of anilines is 2. The van der Waals surface area contributed by atoms with Crippen LogP contribution in [0.25, 0.3) is 11.4 Å². The average molecular weight is 576 g/mol. The van der Waals surface area contributed by atoms with Crippen molar-refractivity contribution in [2.24, 2.45) is 0 Å². The van der Waals surface area contributed by atoms with Crippen LogP contribution in [0.4, 0.5) is 25.1 Å². The van der Waals surface area contributed by atoms with E-state index in [1.807, 2.05) is 11.8 Å². The smallest absolute Gasteiger partial charge is 0.319 e. The zero-order valence-corrected chi connectivity index (χ0v) is 23.1. The number of aliphatic hydroxyl groups is 1. The zero-order chi connectivity index (χ0) is 29.1. The molecule has 2 aromatic carbocycles. The maximum absolute atomic E-state index is 14.0. The van der Waals surface area contributed by atoms with E-state index in [2.05, 4.69) is 15.6 Å². The number of carbonyl (C=O) groups excluding carboxylic acids is 1. The molecule has 2 amide bonds. The predicted octanol–water partition coefficient (Wildman–Crippen LogP) is 3.47. The van der Waals surface area contributed by atoms with E-state index in [4.69, 9.17) is 14.8 Å². The van der Waals surface area contributed by atoms with Gasteiger partial charge < -0.3 is 25.4 Å². The number of nitrogens with zero attached hydrogens (tertiary/aromatic N) is 3. The number of carbonyl (C=O) groups is 1. The molecule has 0 aliphatic carbocycles. The van der Waals surface area contributed by atoms with Gasteiger partial charge >= 0.3 is 6.03 Å². The van der Waals surface area contributed by atoms with Gasteiger partial charge in [-0.05, 0) is 57.2 Å². The summed E-state index contributed by atoms with van der Waals surface area (Å²) in [5.74, 6) is -1.29. The Balaban J connectivity index is 1.77. The summed E-state index contributed by atoms with van der Waals surface area (Å²) in [5.41, 5.74) is 1.17. The molecule has 3 N–H and O–H groups in total. The lowest BCUT2D eigenvalue weighted by Crippen LogP contribution is -2.44. The SMILES string of the molecule is C[C@H]1COCCN1c1cc(C(C)(C)S(=O)(=O)c2cc(F)cc(F)c2)nc(-c2ccc(NC(=O)NCCO)cc2)n1. The number of urea groups is 1. The molecule has 4 rings (SSSR count). The number of aromatic nitrogens is 2. The van der Waals surface area contributed by atoms with Crippen LogP contribution in [0, 0.1) is 11.6 Å². The van der Waals surface area contributed by atoms with Crippen LogP contribution < -0.4 is 15.5 Å². The molecule has 1 aliphatic rings. The normalized spacial score (nSPS) is 16.1. The summed E-state index contributed by atoms with van der Waals surface area (Å²) in [5, 5.41) is 14.0. The molecular weight excluding hydrogens is 544 g/mol. The number of amides is 2. The Morgan fingerprint density at radius 3 is 2.42 bits per heavy atom. The number of ether oxygens (including phenoxy) is 1. The van der Waals surface area contributed by atoms with Crippen LogP contribution in [-0.4, -0.2) is 68.5 Å². The minimum Gasteiger partial charge on any atom is -0.395 e. The molecule has 3 aromatic rings. The van der Waals surface area contributed by atoms with E-state index >= 15 is 0 Å². The van der Waals surface area contributed by atoms with Crippen molar-refractivity contribution < 1.29 is 31.8 Å². The van der Waals surface area contributed by atoms with E-state index in [0.29, 0.717) is 42.9 Å². The third-order valence-corrected chi connectivity index (χ3v) is 9.02. The fourth-order valence-electron chi connectivity index (χ4n) is 4.25. The van der Waals surface area contributed by atoms with Crippen molar-refractivity contribution in [2.75, 3.05) is 43.1 Å². The monoisotopic (exact) mass is 575 g/mol. The topological polar surface area (TPSA) is 134 Å². The van der Waals surface area contributed by atoms with Crippen LogP contribution in [0.15, 0.2) is 53.4 Å². The van der Waals surface area contributed by atoms with Gasteiger partial charge in [-0.2, -0.15) is 0 Å². The van der Waals surface area contributed by atoms with E-state index in [9.17, 15) is 22.0 Å². The number of hydrogen-bond donors (Lipinski definition) is 3. The van der Waals surface area contributed by atoms with Crippen molar-refractivity contribution in [3.63, 3.8) is 0 Å². The molecule has 1 saturated heterocycles. The second-order valence-electron chi connectivity index (χ2n) is 9.85. The predicted molar refractivity (Wildman–Crippen MR) is 146 cm³/mol. The maximum atomic E-state index is 14.0. The molecule has 2 heterocycles. The Morgan fingerprint density at radius 1 is 1.12 bits per heavy atom. The average Bonchev–Trinajstić information content (AvgIpc) is 2.91. The summed E-state index contributed by atoms with van der Waals surface area (Å²) < 4.78 is 59.2. The third-order valence-electron chi connectivity index (χ3n) is 6.61. The van der Waals surface area contributed by atoms with Gasteiger partial charge in [0, 0.05) is 36.5 Å². The second kappa shape index (κ2) is 11.8. The minimum absolute atomic E-state index is 0.0506. The van der Waals surface area contributed by atoms with E-state index in [-0.39, 0.29) is 30.7 Å². The number of halogens is 2. The molecule has 40 heavy (non-hydrogen) atoms. The van der Waals surface area contributed by atoms with Crippen molar-refractivity contribution in [1.82, 2.24) is 15.3 Å². The molecule has 1 aliphatic heterocycles. The first-order valence-electron chi connectivity index (χ1n) is 12.6. The minimum atomic E-state index is -4.31. The number of benzene rings is 2. The summed E-state index contributed by atoms with van der Waals surface area (Å²) in [7, 11) is -4.31. The Labute approximate surface area is 231 Å². The zero-order valence-electron chi connectivity index (χ0n) is 22.3. The number of morpholine rings is 1. The van der Waals surface area contributed by atoms with Gasteiger partial charge in [0.1, 0.15) is 22.2 Å². The maximum Gasteiger partial charge on any atom is 0.319 e. The standard InChI is InChI=1S/C27H31F2N5O5S/c1-17-16-39-11-9-34(17)24-15-23(27(2,3)40(37,38)22-13-19(28)12-20(29)14-22)32-25(33-24)18-4-6-21(7-5-18)31-26(36)30-8-10-35/h4-7,12-15,17,35H,8-11,16H2,1-3H3,(H2,30,31,36)/t17-/m0/s1. The molecule has 10 nitrogen and oxygen atoms in total. The summed E-state index contributed by atoms with van der Waals surface area (Å²) in [6, 6.07) is 9.87. The first-order chi connectivity index (χ1) is 18.9. The molecule has 0 bridgehead atoms.